The molecule has 2 rings (SSSR count). The Labute approximate surface area is 108 Å². The zero-order valence-corrected chi connectivity index (χ0v) is 10.3. The highest BCUT2D eigenvalue weighted by atomic mass is 35.5. The van der Waals surface area contributed by atoms with Gasteiger partial charge >= 0.3 is 0 Å². The van der Waals surface area contributed by atoms with Crippen molar-refractivity contribution in [3.8, 4) is 17.4 Å². The van der Waals surface area contributed by atoms with Gasteiger partial charge in [-0.15, -0.1) is 10.2 Å². The summed E-state index contributed by atoms with van der Waals surface area (Å²) in [4.78, 5) is 0. The first-order valence-electron chi connectivity index (χ1n) is 4.72. The zero-order chi connectivity index (χ0) is 12.4. The lowest BCUT2D eigenvalue weighted by Crippen LogP contribution is -1.93. The Balaban J connectivity index is 2.34. The van der Waals surface area contributed by atoms with Gasteiger partial charge in [0, 0.05) is 11.1 Å². The predicted octanol–water partition coefficient (Wildman–Crippen LogP) is 3.59. The van der Waals surface area contributed by atoms with E-state index in [9.17, 15) is 5.11 Å². The molecule has 0 spiro atoms. The summed E-state index contributed by atoms with van der Waals surface area (Å²) in [5, 5.41) is 17.4. The lowest BCUT2D eigenvalue weighted by molar-refractivity contribution is 0.390. The highest BCUT2D eigenvalue weighted by Gasteiger charge is 2.09. The fourth-order valence-electron chi connectivity index (χ4n) is 1.21. The number of aryl methyl sites for hydroxylation is 1. The Morgan fingerprint density at radius 1 is 1.18 bits per heavy atom. The summed E-state index contributed by atoms with van der Waals surface area (Å²) in [6.07, 6.45) is 0. The van der Waals surface area contributed by atoms with Gasteiger partial charge in [0.15, 0.2) is 10.9 Å². The van der Waals surface area contributed by atoms with Gasteiger partial charge in [0.2, 0.25) is 0 Å². The van der Waals surface area contributed by atoms with E-state index in [4.69, 9.17) is 27.9 Å². The molecule has 0 unspecified atom stereocenters. The first-order chi connectivity index (χ1) is 8.06. The maximum Gasteiger partial charge on any atom is 0.281 e. The highest BCUT2D eigenvalue weighted by molar-refractivity contribution is 6.30. The summed E-state index contributed by atoms with van der Waals surface area (Å²) >= 11 is 11.4. The fraction of sp³-hybridized carbons (Fsp3) is 0.0909. The monoisotopic (exact) mass is 270 g/mol. The molecule has 88 valence electrons. The number of rotatable bonds is 2. The van der Waals surface area contributed by atoms with Crippen LogP contribution < -0.4 is 4.74 Å². The van der Waals surface area contributed by atoms with Gasteiger partial charge in [0.25, 0.3) is 5.88 Å². The van der Waals surface area contributed by atoms with Crippen molar-refractivity contribution in [3.63, 3.8) is 0 Å². The van der Waals surface area contributed by atoms with Crippen LogP contribution in [0.4, 0.5) is 0 Å². The average Bonchev–Trinajstić information content (AvgIpc) is 2.27. The first-order valence-corrected chi connectivity index (χ1v) is 5.48. The number of hydrogen-bond acceptors (Lipinski definition) is 4. The van der Waals surface area contributed by atoms with Crippen LogP contribution in [0.25, 0.3) is 0 Å². The lowest BCUT2D eigenvalue weighted by Gasteiger charge is -2.08. The van der Waals surface area contributed by atoms with Crippen LogP contribution >= 0.6 is 23.2 Å². The predicted molar refractivity (Wildman–Crippen MR) is 65.0 cm³/mol. The Morgan fingerprint density at radius 3 is 2.65 bits per heavy atom. The molecule has 0 saturated heterocycles. The maximum atomic E-state index is 9.57. The van der Waals surface area contributed by atoms with Crippen molar-refractivity contribution in [1.29, 1.82) is 0 Å². The van der Waals surface area contributed by atoms with E-state index in [1.807, 2.05) is 6.92 Å². The Bertz CT molecular complexity index is 561. The molecule has 0 radical (unpaired) electrons. The molecule has 1 aromatic carbocycles. The molecule has 0 fully saturated rings. The number of benzene rings is 1. The molecular weight excluding hydrogens is 263 g/mol. The minimum Gasteiger partial charge on any atom is -0.503 e. The van der Waals surface area contributed by atoms with Crippen molar-refractivity contribution < 1.29 is 9.84 Å². The van der Waals surface area contributed by atoms with Crippen molar-refractivity contribution in [2.45, 2.75) is 6.92 Å². The van der Waals surface area contributed by atoms with Gasteiger partial charge in [-0.05, 0) is 24.6 Å². The van der Waals surface area contributed by atoms with E-state index in [1.54, 1.807) is 18.2 Å². The normalized spacial score (nSPS) is 10.3. The summed E-state index contributed by atoms with van der Waals surface area (Å²) in [7, 11) is 0. The molecule has 0 amide bonds. The first kappa shape index (κ1) is 12.0. The summed E-state index contributed by atoms with van der Waals surface area (Å²) in [6, 6.07) is 6.44. The van der Waals surface area contributed by atoms with Crippen molar-refractivity contribution in [3.05, 3.63) is 40.0 Å². The largest absolute Gasteiger partial charge is 0.503 e. The van der Waals surface area contributed by atoms with Gasteiger partial charge in [0.1, 0.15) is 5.75 Å². The summed E-state index contributed by atoms with van der Waals surface area (Å²) in [6.45, 7) is 1.85. The molecule has 0 bridgehead atoms. The van der Waals surface area contributed by atoms with E-state index < -0.39 is 0 Å². The molecule has 0 aliphatic carbocycles. The summed E-state index contributed by atoms with van der Waals surface area (Å²) in [5.41, 5.74) is 0.866. The zero-order valence-electron chi connectivity index (χ0n) is 8.82. The molecule has 17 heavy (non-hydrogen) atoms. The number of nitrogens with zero attached hydrogens (tertiary/aromatic N) is 2. The van der Waals surface area contributed by atoms with Gasteiger partial charge < -0.3 is 9.84 Å². The molecule has 4 nitrogen and oxygen atoms in total. The Morgan fingerprint density at radius 2 is 1.94 bits per heavy atom. The summed E-state index contributed by atoms with van der Waals surface area (Å²) in [5.74, 6) is 0.313. The lowest BCUT2D eigenvalue weighted by atomic mass is 10.2. The quantitative estimate of drug-likeness (QED) is 0.906. The van der Waals surface area contributed by atoms with Gasteiger partial charge in [0.05, 0.1) is 0 Å². The molecule has 0 saturated carbocycles. The third-order valence-corrected chi connectivity index (χ3v) is 2.49. The Kier molecular flexibility index (Phi) is 3.36. The fourth-order valence-corrected chi connectivity index (χ4v) is 1.51. The topological polar surface area (TPSA) is 55.2 Å². The number of aromatic hydroxyl groups is 1. The van der Waals surface area contributed by atoms with Crippen LogP contribution in [0.2, 0.25) is 10.2 Å². The SMILES string of the molecule is Cc1ccc(Cl)cc1Oc1nnc(Cl)cc1O. The second kappa shape index (κ2) is 4.77. The molecule has 0 atom stereocenters. The average molecular weight is 271 g/mol. The third-order valence-electron chi connectivity index (χ3n) is 2.07. The maximum absolute atomic E-state index is 9.57. The number of aromatic nitrogens is 2. The van der Waals surface area contributed by atoms with Crippen LogP contribution in [0.3, 0.4) is 0 Å². The third kappa shape index (κ3) is 2.78. The smallest absolute Gasteiger partial charge is 0.281 e. The van der Waals surface area contributed by atoms with Crippen LogP contribution in [0.1, 0.15) is 5.56 Å². The van der Waals surface area contributed by atoms with E-state index in [-0.39, 0.29) is 16.8 Å². The summed E-state index contributed by atoms with van der Waals surface area (Å²) < 4.78 is 5.41. The highest BCUT2D eigenvalue weighted by Crippen LogP contribution is 2.32. The van der Waals surface area contributed by atoms with Crippen molar-refractivity contribution in [1.82, 2.24) is 10.2 Å². The van der Waals surface area contributed by atoms with Crippen LogP contribution in [0, 0.1) is 6.92 Å². The molecule has 2 aromatic rings. The molecule has 1 heterocycles. The molecule has 0 aliphatic rings. The van der Waals surface area contributed by atoms with Crippen molar-refractivity contribution >= 4 is 23.2 Å². The standard InChI is InChI=1S/C11H8Cl2N2O2/c1-6-2-3-7(12)4-9(6)17-11-8(16)5-10(13)14-15-11/h2-5H,1H3,(H,14,16). The van der Waals surface area contributed by atoms with Crippen LogP contribution in [0.15, 0.2) is 24.3 Å². The number of hydrogen-bond donors (Lipinski definition) is 1. The molecule has 0 aliphatic heterocycles. The van der Waals surface area contributed by atoms with Crippen LogP contribution in [-0.4, -0.2) is 15.3 Å². The second-order valence-electron chi connectivity index (χ2n) is 3.37. The van der Waals surface area contributed by atoms with Crippen LogP contribution in [-0.2, 0) is 0 Å². The van der Waals surface area contributed by atoms with Gasteiger partial charge in [-0.2, -0.15) is 0 Å². The van der Waals surface area contributed by atoms with E-state index in [1.165, 1.54) is 6.07 Å². The van der Waals surface area contributed by atoms with E-state index in [0.717, 1.165) is 5.56 Å². The van der Waals surface area contributed by atoms with E-state index in [2.05, 4.69) is 10.2 Å². The minimum absolute atomic E-state index is 0.0141. The minimum atomic E-state index is -0.177. The van der Waals surface area contributed by atoms with Crippen LogP contribution in [0.5, 0.6) is 17.4 Å². The van der Waals surface area contributed by atoms with E-state index >= 15 is 0 Å². The molecular formula is C11H8Cl2N2O2. The van der Waals surface area contributed by atoms with Crippen molar-refractivity contribution in [2.24, 2.45) is 0 Å². The number of ether oxygens (including phenoxy) is 1. The van der Waals surface area contributed by atoms with Gasteiger partial charge in [-0.1, -0.05) is 29.3 Å². The number of halogens is 2. The van der Waals surface area contributed by atoms with E-state index in [0.29, 0.717) is 10.8 Å². The van der Waals surface area contributed by atoms with Gasteiger partial charge in [-0.3, -0.25) is 0 Å². The molecule has 6 heteroatoms. The van der Waals surface area contributed by atoms with Gasteiger partial charge in [-0.25, -0.2) is 0 Å². The van der Waals surface area contributed by atoms with Crippen molar-refractivity contribution in [2.75, 3.05) is 0 Å². The Hall–Kier alpha value is -1.52. The molecule has 1 N–H and O–H groups in total. The molecule has 1 aromatic heterocycles. The second-order valence-corrected chi connectivity index (χ2v) is 4.19.